The predicted octanol–water partition coefficient (Wildman–Crippen LogP) is 4.01. The zero-order valence-electron chi connectivity index (χ0n) is 9.94. The normalized spacial score (nSPS) is 11.3. The molecule has 0 saturated heterocycles. The van der Waals surface area contributed by atoms with Gasteiger partial charge in [0, 0.05) is 17.0 Å². The summed E-state index contributed by atoms with van der Waals surface area (Å²) in [6.45, 7) is 5.70. The van der Waals surface area contributed by atoms with Crippen molar-refractivity contribution < 1.29 is 8.81 Å². The van der Waals surface area contributed by atoms with Gasteiger partial charge in [0.25, 0.3) is 0 Å². The Bertz CT molecular complexity index is 536. The van der Waals surface area contributed by atoms with Crippen LogP contribution in [0.1, 0.15) is 25.2 Å². The van der Waals surface area contributed by atoms with Crippen LogP contribution in [-0.4, -0.2) is 6.54 Å². The van der Waals surface area contributed by atoms with Crippen molar-refractivity contribution in [3.8, 4) is 0 Å². The molecule has 0 fully saturated rings. The number of rotatable bonds is 4. The Hall–Kier alpha value is -0.870. The molecular weight excluding hydrogens is 285 g/mol. The summed E-state index contributed by atoms with van der Waals surface area (Å²) in [5, 5.41) is 4.22. The van der Waals surface area contributed by atoms with Crippen molar-refractivity contribution >= 4 is 26.9 Å². The van der Waals surface area contributed by atoms with E-state index in [-0.39, 0.29) is 5.82 Å². The van der Waals surface area contributed by atoms with Gasteiger partial charge >= 0.3 is 0 Å². The summed E-state index contributed by atoms with van der Waals surface area (Å²) in [6.07, 6.45) is 0.881. The molecule has 1 heterocycles. The third kappa shape index (κ3) is 2.38. The summed E-state index contributed by atoms with van der Waals surface area (Å²) in [7, 11) is 0. The number of aryl methyl sites for hydroxylation is 1. The SMILES string of the molecule is CCNCc1oc2cc(F)c(Br)cc2c1CC. The minimum atomic E-state index is -0.288. The maximum atomic E-state index is 13.4. The molecule has 2 rings (SSSR count). The van der Waals surface area contributed by atoms with Crippen molar-refractivity contribution in [1.29, 1.82) is 0 Å². The Kier molecular flexibility index (Phi) is 3.84. The maximum Gasteiger partial charge on any atom is 0.141 e. The molecule has 0 atom stereocenters. The minimum absolute atomic E-state index is 0.288. The molecular formula is C13H15BrFNO. The Balaban J connectivity index is 2.54. The van der Waals surface area contributed by atoms with E-state index in [1.54, 1.807) is 6.07 Å². The van der Waals surface area contributed by atoms with Gasteiger partial charge in [-0.05, 0) is 35.0 Å². The van der Waals surface area contributed by atoms with Crippen LogP contribution in [0.4, 0.5) is 4.39 Å². The number of halogens is 2. The second-order valence-electron chi connectivity index (χ2n) is 3.90. The highest BCUT2D eigenvalue weighted by atomic mass is 79.9. The van der Waals surface area contributed by atoms with Crippen LogP contribution in [0.3, 0.4) is 0 Å². The molecule has 2 aromatic rings. The van der Waals surface area contributed by atoms with Crippen LogP contribution in [0.25, 0.3) is 11.0 Å². The summed E-state index contributed by atoms with van der Waals surface area (Å²) in [4.78, 5) is 0. The van der Waals surface area contributed by atoms with E-state index in [2.05, 4.69) is 28.2 Å². The molecule has 92 valence electrons. The van der Waals surface area contributed by atoms with Crippen LogP contribution in [0.15, 0.2) is 21.0 Å². The zero-order valence-corrected chi connectivity index (χ0v) is 11.5. The van der Waals surface area contributed by atoms with E-state index in [0.29, 0.717) is 16.6 Å². The van der Waals surface area contributed by atoms with E-state index in [4.69, 9.17) is 4.42 Å². The molecule has 1 aromatic carbocycles. The molecule has 4 heteroatoms. The Morgan fingerprint density at radius 1 is 1.35 bits per heavy atom. The summed E-state index contributed by atoms with van der Waals surface area (Å²) in [6, 6.07) is 3.23. The summed E-state index contributed by atoms with van der Waals surface area (Å²) in [5.74, 6) is 0.616. The molecule has 0 spiro atoms. The molecule has 0 saturated carbocycles. The summed E-state index contributed by atoms with van der Waals surface area (Å²) < 4.78 is 19.6. The van der Waals surface area contributed by atoms with Crippen molar-refractivity contribution in [3.63, 3.8) is 0 Å². The fraction of sp³-hybridized carbons (Fsp3) is 0.385. The molecule has 0 aliphatic rings. The Morgan fingerprint density at radius 3 is 2.76 bits per heavy atom. The van der Waals surface area contributed by atoms with Gasteiger partial charge in [0.15, 0.2) is 0 Å². The van der Waals surface area contributed by atoms with Gasteiger partial charge in [-0.2, -0.15) is 0 Å². The van der Waals surface area contributed by atoms with Crippen LogP contribution >= 0.6 is 15.9 Å². The fourth-order valence-electron chi connectivity index (χ4n) is 1.96. The number of fused-ring (bicyclic) bond motifs is 1. The average Bonchev–Trinajstić information content (AvgIpc) is 2.64. The molecule has 2 nitrogen and oxygen atoms in total. The second-order valence-corrected chi connectivity index (χ2v) is 4.75. The van der Waals surface area contributed by atoms with Crippen LogP contribution in [0, 0.1) is 5.82 Å². The van der Waals surface area contributed by atoms with Gasteiger partial charge in [-0.1, -0.05) is 13.8 Å². The number of hydrogen-bond donors (Lipinski definition) is 1. The van der Waals surface area contributed by atoms with Crippen molar-refractivity contribution in [2.75, 3.05) is 6.54 Å². The molecule has 0 aliphatic heterocycles. The van der Waals surface area contributed by atoms with E-state index in [1.165, 1.54) is 6.07 Å². The van der Waals surface area contributed by atoms with Crippen LogP contribution in [-0.2, 0) is 13.0 Å². The van der Waals surface area contributed by atoms with E-state index < -0.39 is 0 Å². The van der Waals surface area contributed by atoms with Gasteiger partial charge in [-0.15, -0.1) is 0 Å². The first-order valence-corrected chi connectivity index (χ1v) is 6.56. The lowest BCUT2D eigenvalue weighted by Crippen LogP contribution is -2.12. The highest BCUT2D eigenvalue weighted by Crippen LogP contribution is 2.30. The lowest BCUT2D eigenvalue weighted by atomic mass is 10.1. The van der Waals surface area contributed by atoms with Crippen molar-refractivity contribution in [1.82, 2.24) is 5.32 Å². The Labute approximate surface area is 108 Å². The van der Waals surface area contributed by atoms with Crippen LogP contribution in [0.2, 0.25) is 0 Å². The van der Waals surface area contributed by atoms with Gasteiger partial charge in [0.05, 0.1) is 11.0 Å². The predicted molar refractivity (Wildman–Crippen MR) is 70.6 cm³/mol. The van der Waals surface area contributed by atoms with Gasteiger partial charge in [-0.25, -0.2) is 4.39 Å². The first kappa shape index (κ1) is 12.6. The third-order valence-corrected chi connectivity index (χ3v) is 3.41. The lowest BCUT2D eigenvalue weighted by Gasteiger charge is -2.00. The van der Waals surface area contributed by atoms with Gasteiger partial charge in [0.2, 0.25) is 0 Å². The first-order chi connectivity index (χ1) is 8.17. The van der Waals surface area contributed by atoms with Gasteiger partial charge in [0.1, 0.15) is 17.2 Å². The molecule has 0 radical (unpaired) electrons. The number of hydrogen-bond acceptors (Lipinski definition) is 2. The van der Waals surface area contributed by atoms with Crippen molar-refractivity contribution in [3.05, 3.63) is 33.7 Å². The van der Waals surface area contributed by atoms with E-state index in [9.17, 15) is 4.39 Å². The fourth-order valence-corrected chi connectivity index (χ4v) is 2.31. The van der Waals surface area contributed by atoms with Gasteiger partial charge < -0.3 is 9.73 Å². The Morgan fingerprint density at radius 2 is 2.12 bits per heavy atom. The second kappa shape index (κ2) is 5.19. The van der Waals surface area contributed by atoms with Crippen LogP contribution in [0.5, 0.6) is 0 Å². The average molecular weight is 300 g/mol. The van der Waals surface area contributed by atoms with Gasteiger partial charge in [-0.3, -0.25) is 0 Å². The number of furan rings is 1. The van der Waals surface area contributed by atoms with E-state index in [1.807, 2.05) is 6.92 Å². The smallest absolute Gasteiger partial charge is 0.141 e. The number of benzene rings is 1. The molecule has 1 N–H and O–H groups in total. The highest BCUT2D eigenvalue weighted by Gasteiger charge is 2.14. The molecule has 0 unspecified atom stereocenters. The maximum absolute atomic E-state index is 13.4. The molecule has 0 bridgehead atoms. The minimum Gasteiger partial charge on any atom is -0.459 e. The van der Waals surface area contributed by atoms with E-state index in [0.717, 1.165) is 29.7 Å². The number of nitrogens with one attached hydrogen (secondary N) is 1. The van der Waals surface area contributed by atoms with Crippen molar-refractivity contribution in [2.45, 2.75) is 26.8 Å². The standard InChI is InChI=1S/C13H15BrFNO/c1-3-8-9-5-10(14)11(15)6-12(9)17-13(8)7-16-4-2/h5-6,16H,3-4,7H2,1-2H3. The first-order valence-electron chi connectivity index (χ1n) is 5.77. The quantitative estimate of drug-likeness (QED) is 0.923. The highest BCUT2D eigenvalue weighted by molar-refractivity contribution is 9.10. The largest absolute Gasteiger partial charge is 0.459 e. The van der Waals surface area contributed by atoms with E-state index >= 15 is 0 Å². The zero-order chi connectivity index (χ0) is 12.4. The molecule has 17 heavy (non-hydrogen) atoms. The summed E-state index contributed by atoms with van der Waals surface area (Å²) in [5.41, 5.74) is 1.78. The molecule has 1 aromatic heterocycles. The molecule has 0 amide bonds. The van der Waals surface area contributed by atoms with Crippen molar-refractivity contribution in [2.24, 2.45) is 0 Å². The third-order valence-electron chi connectivity index (χ3n) is 2.81. The van der Waals surface area contributed by atoms with Crippen LogP contribution < -0.4 is 5.32 Å². The summed E-state index contributed by atoms with van der Waals surface area (Å²) >= 11 is 3.21. The monoisotopic (exact) mass is 299 g/mol. The topological polar surface area (TPSA) is 25.2 Å². The lowest BCUT2D eigenvalue weighted by molar-refractivity contribution is 0.511. The molecule has 0 aliphatic carbocycles.